The first kappa shape index (κ1) is 19.7. The standard InChI is InChI=1S/C28H23N3O/c1-21-15-25(31-14-13-30(2)20-31)19-27(16-21)32-26-10-6-9-24(17-26)28-18-23(11-12-29-28)22-7-4-3-5-8-22/h3-19H,1-2H3/q+2. The summed E-state index contributed by atoms with van der Waals surface area (Å²) in [5.74, 6) is 1.56. The summed E-state index contributed by atoms with van der Waals surface area (Å²) < 4.78 is 10.1. The molecule has 0 fully saturated rings. The van der Waals surface area contributed by atoms with Crippen molar-refractivity contribution < 1.29 is 13.9 Å². The van der Waals surface area contributed by atoms with E-state index < -0.39 is 0 Å². The summed E-state index contributed by atoms with van der Waals surface area (Å²) in [7, 11) is 1.95. The highest BCUT2D eigenvalue weighted by atomic mass is 16.5. The molecule has 0 atom stereocenters. The highest BCUT2D eigenvalue weighted by Gasteiger charge is 2.18. The number of pyridine rings is 1. The molecule has 5 rings (SSSR count). The van der Waals surface area contributed by atoms with Gasteiger partial charge in [-0.05, 0) is 53.9 Å². The molecule has 1 aliphatic rings. The van der Waals surface area contributed by atoms with Crippen LogP contribution in [0.1, 0.15) is 5.56 Å². The van der Waals surface area contributed by atoms with Crippen molar-refractivity contribution in [3.63, 3.8) is 0 Å². The van der Waals surface area contributed by atoms with Crippen LogP contribution in [0.5, 0.6) is 11.5 Å². The van der Waals surface area contributed by atoms with Crippen LogP contribution in [0.2, 0.25) is 0 Å². The Bertz CT molecular complexity index is 1400. The number of aryl methyl sites for hydroxylation is 1. The van der Waals surface area contributed by atoms with Gasteiger partial charge in [0, 0.05) is 17.8 Å². The third-order valence-corrected chi connectivity index (χ3v) is 5.25. The molecular weight excluding hydrogens is 394 g/mol. The normalized spacial score (nSPS) is 12.4. The van der Waals surface area contributed by atoms with E-state index in [-0.39, 0.29) is 0 Å². The monoisotopic (exact) mass is 417 g/mol. The molecule has 2 heterocycles. The van der Waals surface area contributed by atoms with Crippen LogP contribution in [0.25, 0.3) is 22.4 Å². The van der Waals surface area contributed by atoms with Crippen LogP contribution in [0.4, 0.5) is 5.69 Å². The molecule has 154 valence electrons. The summed E-state index contributed by atoms with van der Waals surface area (Å²) in [6.45, 7) is 2.06. The van der Waals surface area contributed by atoms with Crippen molar-refractivity contribution in [2.75, 3.05) is 7.05 Å². The third-order valence-electron chi connectivity index (χ3n) is 5.25. The molecule has 4 aromatic rings. The smallest absolute Gasteiger partial charge is 0.457 e. The average molecular weight is 418 g/mol. The van der Waals surface area contributed by atoms with Crippen molar-refractivity contribution in [3.8, 4) is 33.9 Å². The Hall–Kier alpha value is -4.27. The van der Waals surface area contributed by atoms with E-state index in [9.17, 15) is 0 Å². The van der Waals surface area contributed by atoms with Crippen LogP contribution in [0.15, 0.2) is 104 Å². The summed E-state index contributed by atoms with van der Waals surface area (Å²) in [5.41, 5.74) is 6.37. The Labute approximate surface area is 187 Å². The fraction of sp³-hybridized carbons (Fsp3) is 0.0714. The lowest BCUT2D eigenvalue weighted by Crippen LogP contribution is -1.95. The summed E-state index contributed by atoms with van der Waals surface area (Å²) in [5, 5.41) is 0. The number of hydrogen-bond donors (Lipinski definition) is 0. The van der Waals surface area contributed by atoms with Crippen LogP contribution in [0.3, 0.4) is 0 Å². The van der Waals surface area contributed by atoms with Gasteiger partial charge in [-0.1, -0.05) is 51.6 Å². The first-order valence-corrected chi connectivity index (χ1v) is 10.5. The van der Waals surface area contributed by atoms with Gasteiger partial charge in [-0.3, -0.25) is 4.98 Å². The summed E-state index contributed by atoms with van der Waals surface area (Å²) >= 11 is 0. The molecule has 1 aromatic heterocycles. The Morgan fingerprint density at radius 3 is 2.41 bits per heavy atom. The third kappa shape index (κ3) is 4.27. The van der Waals surface area contributed by atoms with E-state index >= 15 is 0 Å². The van der Waals surface area contributed by atoms with Gasteiger partial charge in [-0.15, -0.1) is 0 Å². The minimum atomic E-state index is 0.771. The Balaban J connectivity index is 1.44. The van der Waals surface area contributed by atoms with E-state index in [2.05, 4.69) is 48.2 Å². The van der Waals surface area contributed by atoms with E-state index in [1.807, 2.05) is 89.4 Å². The van der Waals surface area contributed by atoms with Crippen LogP contribution >= 0.6 is 0 Å². The number of rotatable bonds is 5. The van der Waals surface area contributed by atoms with Crippen molar-refractivity contribution in [1.29, 1.82) is 0 Å². The SMILES string of the molecule is Cc1cc(Oc2cccc(-c3cc(-c4ccccc4)ccn3)c2)cc([N+]2=C=[N+](C)C=C2)c1. The van der Waals surface area contributed by atoms with Gasteiger partial charge in [0.15, 0.2) is 7.05 Å². The van der Waals surface area contributed by atoms with Gasteiger partial charge in [0.05, 0.1) is 11.8 Å². The second-order valence-corrected chi connectivity index (χ2v) is 7.81. The molecule has 0 spiro atoms. The maximum atomic E-state index is 6.24. The Morgan fingerprint density at radius 2 is 1.59 bits per heavy atom. The fourth-order valence-electron chi connectivity index (χ4n) is 3.73. The van der Waals surface area contributed by atoms with Crippen LogP contribution in [-0.4, -0.2) is 27.2 Å². The summed E-state index contributed by atoms with van der Waals surface area (Å²) in [4.78, 5) is 4.59. The zero-order valence-electron chi connectivity index (χ0n) is 18.1. The topological polar surface area (TPSA) is 28.1 Å². The number of benzene rings is 3. The first-order valence-electron chi connectivity index (χ1n) is 10.5. The minimum Gasteiger partial charge on any atom is -0.457 e. The van der Waals surface area contributed by atoms with Crippen molar-refractivity contribution in [2.24, 2.45) is 0 Å². The number of aromatic nitrogens is 1. The highest BCUT2D eigenvalue weighted by molar-refractivity contribution is 5.71. The molecule has 0 bridgehead atoms. The zero-order valence-corrected chi connectivity index (χ0v) is 18.1. The lowest BCUT2D eigenvalue weighted by molar-refractivity contribution is -0.429. The quantitative estimate of drug-likeness (QED) is 0.349. The van der Waals surface area contributed by atoms with Crippen molar-refractivity contribution >= 4 is 11.7 Å². The van der Waals surface area contributed by atoms with Crippen molar-refractivity contribution in [3.05, 3.63) is 109 Å². The second-order valence-electron chi connectivity index (χ2n) is 7.81. The number of nitrogens with zero attached hydrogens (tertiary/aromatic N) is 3. The second kappa shape index (κ2) is 8.46. The van der Waals surface area contributed by atoms with E-state index in [4.69, 9.17) is 4.74 Å². The first-order chi connectivity index (χ1) is 15.6. The van der Waals surface area contributed by atoms with Crippen LogP contribution in [-0.2, 0) is 0 Å². The lowest BCUT2D eigenvalue weighted by Gasteiger charge is -2.09. The van der Waals surface area contributed by atoms with Gasteiger partial charge in [0.1, 0.15) is 11.5 Å². The number of ether oxygens (including phenoxy) is 1. The Kier molecular flexibility index (Phi) is 5.20. The summed E-state index contributed by atoms with van der Waals surface area (Å²) in [6, 6.07) is 31.9. The maximum absolute atomic E-state index is 6.24. The molecule has 4 nitrogen and oxygen atoms in total. The van der Waals surface area contributed by atoms with Gasteiger partial charge in [0.2, 0.25) is 11.9 Å². The van der Waals surface area contributed by atoms with Crippen molar-refractivity contribution in [1.82, 2.24) is 4.98 Å². The van der Waals surface area contributed by atoms with Crippen LogP contribution in [0, 0.1) is 6.92 Å². The molecule has 0 radical (unpaired) electrons. The van der Waals surface area contributed by atoms with E-state index in [1.54, 1.807) is 0 Å². The largest absolute Gasteiger partial charge is 0.495 e. The van der Waals surface area contributed by atoms with Crippen molar-refractivity contribution in [2.45, 2.75) is 6.92 Å². The molecule has 0 saturated carbocycles. The predicted octanol–water partition coefficient (Wildman–Crippen LogP) is 6.46. The molecule has 0 N–H and O–H groups in total. The van der Waals surface area contributed by atoms with Gasteiger partial charge in [0.25, 0.3) is 6.20 Å². The zero-order chi connectivity index (χ0) is 21.9. The Morgan fingerprint density at radius 1 is 0.750 bits per heavy atom. The predicted molar refractivity (Wildman–Crippen MR) is 127 cm³/mol. The molecule has 0 unspecified atom stereocenters. The van der Waals surface area contributed by atoms with E-state index in [0.29, 0.717) is 0 Å². The van der Waals surface area contributed by atoms with Gasteiger partial charge >= 0.3 is 6.01 Å². The molecule has 0 aliphatic carbocycles. The minimum absolute atomic E-state index is 0.771. The molecule has 4 heteroatoms. The lowest BCUT2D eigenvalue weighted by atomic mass is 10.0. The van der Waals surface area contributed by atoms with Gasteiger partial charge in [-0.2, -0.15) is 0 Å². The van der Waals surface area contributed by atoms with Crippen LogP contribution < -0.4 is 4.74 Å². The molecule has 0 saturated heterocycles. The molecule has 32 heavy (non-hydrogen) atoms. The molecular formula is C28H23N3O+2. The average Bonchev–Trinajstić information content (AvgIpc) is 3.26. The number of hydrogen-bond acceptors (Lipinski definition) is 2. The molecule has 3 aromatic carbocycles. The van der Waals surface area contributed by atoms with E-state index in [0.717, 1.165) is 39.6 Å². The van der Waals surface area contributed by atoms with E-state index in [1.165, 1.54) is 5.56 Å². The summed E-state index contributed by atoms with van der Waals surface area (Å²) in [6.07, 6.45) is 5.79. The highest BCUT2D eigenvalue weighted by Crippen LogP contribution is 2.31. The maximum Gasteiger partial charge on any atom is 0.495 e. The molecule has 1 aliphatic heterocycles. The molecule has 0 amide bonds. The van der Waals surface area contributed by atoms with Gasteiger partial charge in [-0.25, -0.2) is 0 Å². The fourth-order valence-corrected chi connectivity index (χ4v) is 3.73. The van der Waals surface area contributed by atoms with Gasteiger partial charge < -0.3 is 4.74 Å².